The maximum Gasteiger partial charge on any atom is 0.406 e. The van der Waals surface area contributed by atoms with E-state index in [2.05, 4.69) is 4.98 Å². The highest BCUT2D eigenvalue weighted by atomic mass is 32.1. The summed E-state index contributed by atoms with van der Waals surface area (Å²) < 4.78 is 44.2. The van der Waals surface area contributed by atoms with Gasteiger partial charge in [0.1, 0.15) is 11.6 Å². The minimum Gasteiger partial charge on any atom is -0.379 e. The second kappa shape index (κ2) is 8.39. The van der Waals surface area contributed by atoms with E-state index in [-0.39, 0.29) is 13.0 Å². The number of nitrogens with zero attached hydrogens (tertiary/aromatic N) is 2. The van der Waals surface area contributed by atoms with Crippen LogP contribution in [0.3, 0.4) is 0 Å². The molecule has 3 rings (SSSR count). The van der Waals surface area contributed by atoms with Crippen LogP contribution in [-0.4, -0.2) is 47.8 Å². The molecule has 0 bridgehead atoms. The molecule has 0 saturated carbocycles. The maximum atomic E-state index is 13.0. The molecule has 0 aliphatic carbocycles. The minimum atomic E-state index is -4.44. The Morgan fingerprint density at radius 1 is 1.33 bits per heavy atom. The van der Waals surface area contributed by atoms with E-state index in [1.54, 1.807) is 5.38 Å². The van der Waals surface area contributed by atoms with Crippen LogP contribution in [0.5, 0.6) is 0 Å². The Morgan fingerprint density at radius 2 is 2.07 bits per heavy atom. The van der Waals surface area contributed by atoms with Crippen LogP contribution in [0.15, 0.2) is 29.6 Å². The molecule has 2 heterocycles. The van der Waals surface area contributed by atoms with Gasteiger partial charge in [-0.2, -0.15) is 13.2 Å². The number of benzene rings is 1. The number of halogens is 3. The predicted molar refractivity (Wildman–Crippen MR) is 97.6 cm³/mol. The predicted octanol–water partition coefficient (Wildman–Crippen LogP) is 4.23. The van der Waals surface area contributed by atoms with Crippen molar-refractivity contribution in [1.82, 2.24) is 9.88 Å². The van der Waals surface area contributed by atoms with Crippen LogP contribution in [0.4, 0.5) is 13.2 Å². The lowest BCUT2D eigenvalue weighted by molar-refractivity contribution is -0.169. The van der Waals surface area contributed by atoms with E-state index in [1.165, 1.54) is 11.3 Å². The zero-order valence-corrected chi connectivity index (χ0v) is 15.8. The number of carbonyl (C=O) groups is 1. The normalized spacial score (nSPS) is 17.7. The number of hydrogen-bond acceptors (Lipinski definition) is 4. The van der Waals surface area contributed by atoms with E-state index < -0.39 is 24.7 Å². The Labute approximate surface area is 160 Å². The van der Waals surface area contributed by atoms with E-state index in [4.69, 9.17) is 4.74 Å². The summed E-state index contributed by atoms with van der Waals surface area (Å²) in [6, 6.07) is 7.28. The van der Waals surface area contributed by atoms with Crippen LogP contribution in [0, 0.1) is 6.92 Å². The molecule has 146 valence electrons. The van der Waals surface area contributed by atoms with Gasteiger partial charge in [-0.3, -0.25) is 4.79 Å². The smallest absolute Gasteiger partial charge is 0.379 e. The molecule has 1 aromatic carbocycles. The van der Waals surface area contributed by atoms with Crippen molar-refractivity contribution in [2.75, 3.05) is 19.8 Å². The molecular formula is C19H21F3N2O2S. The fraction of sp³-hybridized carbons (Fsp3) is 0.474. The molecule has 4 nitrogen and oxygen atoms in total. The minimum absolute atomic E-state index is 0.144. The average Bonchev–Trinajstić information content (AvgIpc) is 3.08. The molecule has 0 spiro atoms. The number of alkyl halides is 3. The first kappa shape index (κ1) is 19.8. The molecule has 27 heavy (non-hydrogen) atoms. The lowest BCUT2D eigenvalue weighted by Crippen LogP contribution is -2.49. The van der Waals surface area contributed by atoms with Gasteiger partial charge in [-0.15, -0.1) is 11.3 Å². The molecule has 1 saturated heterocycles. The second-order valence-corrected chi connectivity index (χ2v) is 7.55. The topological polar surface area (TPSA) is 42.4 Å². The Kier molecular flexibility index (Phi) is 6.16. The highest BCUT2D eigenvalue weighted by molar-refractivity contribution is 7.13. The molecule has 0 radical (unpaired) electrons. The van der Waals surface area contributed by atoms with Crippen molar-refractivity contribution in [1.29, 1.82) is 0 Å². The van der Waals surface area contributed by atoms with Crippen LogP contribution in [-0.2, 0) is 16.0 Å². The summed E-state index contributed by atoms with van der Waals surface area (Å²) >= 11 is 1.38. The molecule has 0 N–H and O–H groups in total. The van der Waals surface area contributed by atoms with Crippen LogP contribution in [0.2, 0.25) is 0 Å². The Balaban J connectivity index is 1.72. The molecule has 2 aromatic rings. The van der Waals surface area contributed by atoms with E-state index in [1.807, 2.05) is 31.2 Å². The van der Waals surface area contributed by atoms with Gasteiger partial charge >= 0.3 is 6.18 Å². The van der Waals surface area contributed by atoms with Crippen LogP contribution < -0.4 is 0 Å². The van der Waals surface area contributed by atoms with Gasteiger partial charge in [0.2, 0.25) is 5.91 Å². The monoisotopic (exact) mass is 398 g/mol. The van der Waals surface area contributed by atoms with Crippen molar-refractivity contribution >= 4 is 17.2 Å². The number of hydrogen-bond donors (Lipinski definition) is 0. The fourth-order valence-corrected chi connectivity index (χ4v) is 3.88. The third-order valence-corrected chi connectivity index (χ3v) is 5.37. The highest BCUT2D eigenvalue weighted by Gasteiger charge is 2.37. The Morgan fingerprint density at radius 3 is 2.70 bits per heavy atom. The van der Waals surface area contributed by atoms with Gasteiger partial charge in [0, 0.05) is 17.6 Å². The number of rotatable bonds is 5. The fourth-order valence-electron chi connectivity index (χ4n) is 3.06. The molecule has 1 amide bonds. The maximum absolute atomic E-state index is 13.0. The zero-order chi connectivity index (χ0) is 19.4. The number of amides is 1. The number of carbonyl (C=O) groups excluding carboxylic acids is 1. The molecule has 1 atom stereocenters. The summed E-state index contributed by atoms with van der Waals surface area (Å²) in [5.74, 6) is -0.566. The molecule has 1 aliphatic heterocycles. The van der Waals surface area contributed by atoms with E-state index >= 15 is 0 Å². The van der Waals surface area contributed by atoms with Crippen LogP contribution >= 0.6 is 11.3 Å². The highest BCUT2D eigenvalue weighted by Crippen LogP contribution is 2.26. The van der Waals surface area contributed by atoms with Gasteiger partial charge in [-0.1, -0.05) is 29.8 Å². The van der Waals surface area contributed by atoms with Crippen molar-refractivity contribution in [2.24, 2.45) is 0 Å². The van der Waals surface area contributed by atoms with Gasteiger partial charge < -0.3 is 9.64 Å². The van der Waals surface area contributed by atoms with Gasteiger partial charge in [0.05, 0.1) is 24.8 Å². The summed E-state index contributed by atoms with van der Waals surface area (Å²) in [4.78, 5) is 18.0. The number of thiazole rings is 1. The third kappa shape index (κ3) is 5.52. The summed E-state index contributed by atoms with van der Waals surface area (Å²) in [6.45, 7) is 1.40. The van der Waals surface area contributed by atoms with E-state index in [9.17, 15) is 18.0 Å². The van der Waals surface area contributed by atoms with Crippen molar-refractivity contribution in [2.45, 2.75) is 38.4 Å². The van der Waals surface area contributed by atoms with Gasteiger partial charge in [-0.05, 0) is 19.8 Å². The Bertz CT molecular complexity index is 768. The summed E-state index contributed by atoms with van der Waals surface area (Å²) in [5.41, 5.74) is 2.55. The van der Waals surface area contributed by atoms with Crippen molar-refractivity contribution in [3.05, 3.63) is 40.9 Å². The van der Waals surface area contributed by atoms with E-state index in [0.717, 1.165) is 21.0 Å². The van der Waals surface area contributed by atoms with Crippen LogP contribution in [0.25, 0.3) is 10.6 Å². The summed E-state index contributed by atoms with van der Waals surface area (Å²) in [5, 5.41) is 2.48. The largest absolute Gasteiger partial charge is 0.406 e. The van der Waals surface area contributed by atoms with Crippen molar-refractivity contribution in [3.8, 4) is 10.6 Å². The number of aromatic nitrogens is 1. The first-order valence-corrected chi connectivity index (χ1v) is 9.65. The molecule has 8 heteroatoms. The standard InChI is InChI=1S/C19H21F3N2O2S/c1-13-4-6-14(7-5-13)18-23-15(11-27-18)9-17(25)24(12-19(20,21)22)16-3-2-8-26-10-16/h4-7,11,16H,2-3,8-10,12H2,1H3. The SMILES string of the molecule is Cc1ccc(-c2nc(CC(=O)N(CC(F)(F)F)C3CCCOC3)cs2)cc1. The molecule has 1 aliphatic rings. The summed E-state index contributed by atoms with van der Waals surface area (Å²) in [6.07, 6.45) is -3.41. The molecule has 1 aromatic heterocycles. The first-order valence-electron chi connectivity index (χ1n) is 8.77. The van der Waals surface area contributed by atoms with Gasteiger partial charge in [0.15, 0.2) is 0 Å². The second-order valence-electron chi connectivity index (χ2n) is 6.69. The summed E-state index contributed by atoms with van der Waals surface area (Å²) in [7, 11) is 0. The van der Waals surface area contributed by atoms with Crippen LogP contribution in [0.1, 0.15) is 24.1 Å². The number of ether oxygens (including phenoxy) is 1. The molecule has 1 fully saturated rings. The first-order chi connectivity index (χ1) is 12.8. The zero-order valence-electron chi connectivity index (χ0n) is 15.0. The average molecular weight is 398 g/mol. The molecule has 1 unspecified atom stereocenters. The number of aryl methyl sites for hydroxylation is 1. The Hall–Kier alpha value is -1.93. The molecular weight excluding hydrogens is 377 g/mol. The third-order valence-electron chi connectivity index (χ3n) is 4.43. The lowest BCUT2D eigenvalue weighted by Gasteiger charge is -2.34. The van der Waals surface area contributed by atoms with Crippen molar-refractivity contribution < 1.29 is 22.7 Å². The lowest BCUT2D eigenvalue weighted by atomic mass is 10.1. The van der Waals surface area contributed by atoms with Crippen molar-refractivity contribution in [3.63, 3.8) is 0 Å². The van der Waals surface area contributed by atoms with Gasteiger partial charge in [0.25, 0.3) is 0 Å². The van der Waals surface area contributed by atoms with E-state index in [0.29, 0.717) is 25.1 Å². The van der Waals surface area contributed by atoms with Gasteiger partial charge in [-0.25, -0.2) is 4.98 Å². The quantitative estimate of drug-likeness (QED) is 0.757.